The number of nitrogens with one attached hydrogen (secondary N) is 1. The highest BCUT2D eigenvalue weighted by molar-refractivity contribution is 5.67. The van der Waals surface area contributed by atoms with Crippen molar-refractivity contribution in [3.63, 3.8) is 0 Å². The lowest BCUT2D eigenvalue weighted by molar-refractivity contribution is 0.0299. The molecular formula is C17H28N2O3. The van der Waals surface area contributed by atoms with Crippen molar-refractivity contribution in [2.24, 2.45) is 0 Å². The molecule has 0 saturated carbocycles. The van der Waals surface area contributed by atoms with Crippen molar-refractivity contribution >= 4 is 6.09 Å². The van der Waals surface area contributed by atoms with Crippen molar-refractivity contribution in [1.82, 2.24) is 10.2 Å². The molecule has 0 saturated heterocycles. The summed E-state index contributed by atoms with van der Waals surface area (Å²) in [5.41, 5.74) is 1.39. The molecule has 1 aromatic carbocycles. The fourth-order valence-corrected chi connectivity index (χ4v) is 2.01. The van der Waals surface area contributed by atoms with Crippen molar-refractivity contribution in [3.8, 4) is 5.75 Å². The molecule has 1 unspecified atom stereocenters. The summed E-state index contributed by atoms with van der Waals surface area (Å²) >= 11 is 0. The lowest BCUT2D eigenvalue weighted by Gasteiger charge is -2.25. The van der Waals surface area contributed by atoms with E-state index < -0.39 is 5.60 Å². The number of carbonyl (C=O) groups is 1. The number of rotatable bonds is 5. The molecule has 124 valence electrons. The van der Waals surface area contributed by atoms with Crippen LogP contribution in [0.5, 0.6) is 5.75 Å². The zero-order chi connectivity index (χ0) is 16.9. The SMILES string of the molecule is Cc1ccc(C(C)NCCN(C)C(=O)OC(C)(C)C)c(O)c1. The molecule has 1 rings (SSSR count). The van der Waals surface area contributed by atoms with Crippen LogP contribution in [0.2, 0.25) is 0 Å². The molecule has 5 heteroatoms. The van der Waals surface area contributed by atoms with Gasteiger partial charge in [-0.15, -0.1) is 0 Å². The first kappa shape index (κ1) is 18.3. The van der Waals surface area contributed by atoms with E-state index in [0.29, 0.717) is 18.8 Å². The van der Waals surface area contributed by atoms with Crippen molar-refractivity contribution < 1.29 is 14.6 Å². The van der Waals surface area contributed by atoms with Crippen LogP contribution >= 0.6 is 0 Å². The van der Waals surface area contributed by atoms with Crippen LogP contribution in [0.15, 0.2) is 18.2 Å². The van der Waals surface area contributed by atoms with Gasteiger partial charge in [-0.1, -0.05) is 12.1 Å². The van der Waals surface area contributed by atoms with Gasteiger partial charge in [-0.05, 0) is 46.2 Å². The van der Waals surface area contributed by atoms with Crippen LogP contribution in [0.25, 0.3) is 0 Å². The van der Waals surface area contributed by atoms with Gasteiger partial charge in [0.15, 0.2) is 0 Å². The fraction of sp³-hybridized carbons (Fsp3) is 0.588. The number of benzene rings is 1. The minimum atomic E-state index is -0.486. The number of aryl methyl sites for hydroxylation is 1. The van der Waals surface area contributed by atoms with Gasteiger partial charge < -0.3 is 20.1 Å². The molecule has 0 fully saturated rings. The van der Waals surface area contributed by atoms with E-state index in [1.54, 1.807) is 18.0 Å². The summed E-state index contributed by atoms with van der Waals surface area (Å²) in [4.78, 5) is 13.4. The van der Waals surface area contributed by atoms with Crippen LogP contribution in [0.1, 0.15) is 44.9 Å². The maximum absolute atomic E-state index is 11.8. The smallest absolute Gasteiger partial charge is 0.410 e. The molecule has 1 atom stereocenters. The Kier molecular flexibility index (Phi) is 6.23. The van der Waals surface area contributed by atoms with E-state index in [0.717, 1.165) is 11.1 Å². The van der Waals surface area contributed by atoms with Gasteiger partial charge in [-0.2, -0.15) is 0 Å². The second-order valence-corrected chi connectivity index (χ2v) is 6.64. The van der Waals surface area contributed by atoms with Crippen molar-refractivity contribution in [2.45, 2.75) is 46.3 Å². The van der Waals surface area contributed by atoms with Gasteiger partial charge in [0.1, 0.15) is 11.4 Å². The van der Waals surface area contributed by atoms with E-state index in [2.05, 4.69) is 5.32 Å². The monoisotopic (exact) mass is 308 g/mol. The first-order valence-corrected chi connectivity index (χ1v) is 7.57. The Hall–Kier alpha value is -1.75. The number of phenolic OH excluding ortho intramolecular Hbond substituents is 1. The van der Waals surface area contributed by atoms with Gasteiger partial charge in [0.05, 0.1) is 0 Å². The second-order valence-electron chi connectivity index (χ2n) is 6.64. The normalized spacial score (nSPS) is 12.8. The number of phenols is 1. The standard InChI is InChI=1S/C17H28N2O3/c1-12-7-8-14(15(20)11-12)13(2)18-9-10-19(6)16(21)22-17(3,4)5/h7-8,11,13,18,20H,9-10H2,1-6H3. The van der Waals surface area contributed by atoms with Crippen LogP contribution in [0.4, 0.5) is 4.79 Å². The third-order valence-electron chi connectivity index (χ3n) is 3.26. The highest BCUT2D eigenvalue weighted by Gasteiger charge is 2.19. The minimum Gasteiger partial charge on any atom is -0.508 e. The number of likely N-dealkylation sites (N-methyl/N-ethyl adjacent to an activating group) is 1. The van der Waals surface area contributed by atoms with E-state index in [-0.39, 0.29) is 12.1 Å². The molecule has 5 nitrogen and oxygen atoms in total. The van der Waals surface area contributed by atoms with E-state index >= 15 is 0 Å². The molecule has 0 spiro atoms. The Balaban J connectivity index is 2.44. The number of hydrogen-bond donors (Lipinski definition) is 2. The van der Waals surface area contributed by atoms with Crippen molar-refractivity contribution in [2.75, 3.05) is 20.1 Å². The van der Waals surface area contributed by atoms with Crippen LogP contribution in [0.3, 0.4) is 0 Å². The van der Waals surface area contributed by atoms with Gasteiger partial charge in [-0.3, -0.25) is 0 Å². The highest BCUT2D eigenvalue weighted by atomic mass is 16.6. The largest absolute Gasteiger partial charge is 0.508 e. The predicted molar refractivity (Wildman–Crippen MR) is 88.1 cm³/mol. The summed E-state index contributed by atoms with van der Waals surface area (Å²) in [6.07, 6.45) is -0.333. The Morgan fingerprint density at radius 3 is 2.59 bits per heavy atom. The average molecular weight is 308 g/mol. The number of ether oxygens (including phenoxy) is 1. The Morgan fingerprint density at radius 1 is 1.41 bits per heavy atom. The third kappa shape index (κ3) is 5.93. The minimum absolute atomic E-state index is 0.00707. The number of hydrogen-bond acceptors (Lipinski definition) is 4. The molecule has 1 aromatic rings. The Bertz CT molecular complexity index is 509. The van der Waals surface area contributed by atoms with Crippen LogP contribution in [-0.2, 0) is 4.74 Å². The summed E-state index contributed by atoms with van der Waals surface area (Å²) in [6, 6.07) is 5.65. The Morgan fingerprint density at radius 2 is 2.05 bits per heavy atom. The van der Waals surface area contributed by atoms with Crippen molar-refractivity contribution in [1.29, 1.82) is 0 Å². The zero-order valence-electron chi connectivity index (χ0n) is 14.4. The van der Waals surface area contributed by atoms with Gasteiger partial charge in [0.25, 0.3) is 0 Å². The predicted octanol–water partition coefficient (Wildman–Crippen LogP) is 3.22. The topological polar surface area (TPSA) is 61.8 Å². The first-order valence-electron chi connectivity index (χ1n) is 7.57. The molecule has 0 aliphatic carbocycles. The lowest BCUT2D eigenvalue weighted by atomic mass is 10.1. The van der Waals surface area contributed by atoms with Gasteiger partial charge in [0.2, 0.25) is 0 Å². The van der Waals surface area contributed by atoms with Crippen molar-refractivity contribution in [3.05, 3.63) is 29.3 Å². The van der Waals surface area contributed by atoms with Crippen LogP contribution in [0, 0.1) is 6.92 Å². The van der Waals surface area contributed by atoms with E-state index in [1.165, 1.54) is 0 Å². The number of carbonyl (C=O) groups excluding carboxylic acids is 1. The third-order valence-corrected chi connectivity index (χ3v) is 3.26. The quantitative estimate of drug-likeness (QED) is 0.877. The zero-order valence-corrected chi connectivity index (χ0v) is 14.4. The highest BCUT2D eigenvalue weighted by Crippen LogP contribution is 2.24. The molecular weight excluding hydrogens is 280 g/mol. The Labute approximate surface area is 133 Å². The van der Waals surface area contributed by atoms with E-state index in [1.807, 2.05) is 46.8 Å². The summed E-state index contributed by atoms with van der Waals surface area (Å²) < 4.78 is 5.29. The number of amides is 1. The summed E-state index contributed by atoms with van der Waals surface area (Å²) in [7, 11) is 1.71. The number of nitrogens with zero attached hydrogens (tertiary/aromatic N) is 1. The fourth-order valence-electron chi connectivity index (χ4n) is 2.01. The van der Waals surface area contributed by atoms with E-state index in [9.17, 15) is 9.90 Å². The number of aromatic hydroxyl groups is 1. The van der Waals surface area contributed by atoms with Crippen LogP contribution in [-0.4, -0.2) is 41.8 Å². The molecule has 0 aromatic heterocycles. The summed E-state index contributed by atoms with van der Waals surface area (Å²) in [6.45, 7) is 10.6. The van der Waals surface area contributed by atoms with Gasteiger partial charge in [0, 0.05) is 31.7 Å². The summed E-state index contributed by atoms with van der Waals surface area (Å²) in [5, 5.41) is 13.3. The van der Waals surface area contributed by atoms with Gasteiger partial charge in [-0.25, -0.2) is 4.79 Å². The van der Waals surface area contributed by atoms with Crippen LogP contribution < -0.4 is 5.32 Å². The molecule has 2 N–H and O–H groups in total. The molecule has 0 aliphatic rings. The maximum atomic E-state index is 11.8. The lowest BCUT2D eigenvalue weighted by Crippen LogP contribution is -2.38. The molecule has 1 amide bonds. The molecule has 22 heavy (non-hydrogen) atoms. The average Bonchev–Trinajstić information content (AvgIpc) is 2.36. The molecule has 0 bridgehead atoms. The van der Waals surface area contributed by atoms with Gasteiger partial charge >= 0.3 is 6.09 Å². The first-order chi connectivity index (χ1) is 10.1. The summed E-state index contributed by atoms with van der Waals surface area (Å²) in [5.74, 6) is 0.292. The van der Waals surface area contributed by atoms with E-state index in [4.69, 9.17) is 4.74 Å². The molecule has 0 aliphatic heterocycles. The maximum Gasteiger partial charge on any atom is 0.410 e. The molecule has 0 heterocycles. The molecule has 0 radical (unpaired) electrons. The second kappa shape index (κ2) is 7.49.